The molecule has 0 bridgehead atoms. The molecule has 0 spiro atoms. The first kappa shape index (κ1) is 14.2. The van der Waals surface area contributed by atoms with Crippen molar-refractivity contribution < 1.29 is 39.1 Å². The SMILES string of the molecule is O=S(=O)(O)O.O=[SH](=O)C(F)(F)F. The molecule has 0 saturated carbocycles. The number of hydrogen-bond acceptors (Lipinski definition) is 4. The summed E-state index contributed by atoms with van der Waals surface area (Å²) in [5.41, 5.74) is -5.05. The fourth-order valence-electron chi connectivity index (χ4n) is 0. The molecule has 12 heavy (non-hydrogen) atoms. The van der Waals surface area contributed by atoms with Crippen LogP contribution >= 0.6 is 0 Å². The van der Waals surface area contributed by atoms with Crippen molar-refractivity contribution in [3.63, 3.8) is 0 Å². The smallest absolute Gasteiger partial charge is 0.264 e. The van der Waals surface area contributed by atoms with Crippen LogP contribution in [0.2, 0.25) is 0 Å². The van der Waals surface area contributed by atoms with Crippen LogP contribution < -0.4 is 0 Å². The van der Waals surface area contributed by atoms with Crippen molar-refractivity contribution in [2.75, 3.05) is 0 Å². The van der Waals surface area contributed by atoms with E-state index in [4.69, 9.17) is 25.9 Å². The molecule has 76 valence electrons. The highest BCUT2D eigenvalue weighted by Gasteiger charge is 2.31. The lowest BCUT2D eigenvalue weighted by Crippen LogP contribution is -2.07. The normalized spacial score (nSPS) is 12.2. The second kappa shape index (κ2) is 4.59. The molecule has 6 nitrogen and oxygen atoms in total. The highest BCUT2D eigenvalue weighted by atomic mass is 32.3. The van der Waals surface area contributed by atoms with E-state index in [1.165, 1.54) is 0 Å². The molecule has 11 heteroatoms. The average molecular weight is 232 g/mol. The van der Waals surface area contributed by atoms with Crippen molar-refractivity contribution in [1.29, 1.82) is 0 Å². The standard InChI is InChI=1S/CHF3O2S.H2O4S/c2-1(3,4)7(5)6;1-5(2,3)4/h7H;(H2,1,2,3,4). The number of rotatable bonds is 0. The molecule has 0 aliphatic carbocycles. The van der Waals surface area contributed by atoms with E-state index in [9.17, 15) is 13.2 Å². The van der Waals surface area contributed by atoms with Crippen LogP contribution in [0.1, 0.15) is 0 Å². The minimum atomic E-state index is -5.05. The van der Waals surface area contributed by atoms with Crippen molar-refractivity contribution in [2.45, 2.75) is 5.51 Å². The predicted octanol–water partition coefficient (Wildman–Crippen LogP) is -0.535. The predicted molar refractivity (Wildman–Crippen MR) is 30.5 cm³/mol. The van der Waals surface area contributed by atoms with Gasteiger partial charge in [-0.1, -0.05) is 0 Å². The van der Waals surface area contributed by atoms with Crippen LogP contribution in [0.4, 0.5) is 13.2 Å². The van der Waals surface area contributed by atoms with Crippen molar-refractivity contribution in [3.8, 4) is 0 Å². The summed E-state index contributed by atoms with van der Waals surface area (Å²) in [6.07, 6.45) is 0. The van der Waals surface area contributed by atoms with Crippen LogP contribution in [0.15, 0.2) is 0 Å². The summed E-state index contributed by atoms with van der Waals surface area (Å²) < 4.78 is 81.2. The van der Waals surface area contributed by atoms with Crippen molar-refractivity contribution in [2.24, 2.45) is 0 Å². The van der Waals surface area contributed by atoms with Gasteiger partial charge in [0.1, 0.15) is 0 Å². The number of halogens is 3. The molecule has 0 heterocycles. The molecule has 0 saturated heterocycles. The molecule has 0 atom stereocenters. The zero-order chi connectivity index (χ0) is 10.6. The summed E-state index contributed by atoms with van der Waals surface area (Å²) in [5.74, 6) is 0. The van der Waals surface area contributed by atoms with Gasteiger partial charge >= 0.3 is 15.9 Å². The van der Waals surface area contributed by atoms with E-state index in [1.54, 1.807) is 0 Å². The zero-order valence-corrected chi connectivity index (χ0v) is 6.73. The summed E-state index contributed by atoms with van der Waals surface area (Å²) in [7, 11) is -8.91. The molecule has 0 aromatic heterocycles. The molecule has 0 aliphatic heterocycles. The van der Waals surface area contributed by atoms with Crippen LogP contribution in [0, 0.1) is 0 Å². The molecule has 0 aromatic carbocycles. The van der Waals surface area contributed by atoms with Gasteiger partial charge in [0.25, 0.3) is 0 Å². The molecule has 0 unspecified atom stereocenters. The number of alkyl halides is 3. The molecule has 0 radical (unpaired) electrons. The van der Waals surface area contributed by atoms with Crippen LogP contribution in [-0.2, 0) is 21.1 Å². The third kappa shape index (κ3) is 22.6. The van der Waals surface area contributed by atoms with E-state index < -0.39 is 26.6 Å². The molecule has 2 N–H and O–H groups in total. The van der Waals surface area contributed by atoms with Crippen LogP contribution in [0.25, 0.3) is 0 Å². The first-order valence-electron chi connectivity index (χ1n) is 1.85. The largest absolute Gasteiger partial charge is 0.494 e. The Hall–Kier alpha value is -0.390. The Morgan fingerprint density at radius 2 is 1.17 bits per heavy atom. The topological polar surface area (TPSA) is 109 Å². The highest BCUT2D eigenvalue weighted by molar-refractivity contribution is 7.79. The molecule has 0 aromatic rings. The van der Waals surface area contributed by atoms with Gasteiger partial charge in [-0.3, -0.25) is 9.11 Å². The summed E-state index contributed by atoms with van der Waals surface area (Å²) in [6, 6.07) is 0. The maximum absolute atomic E-state index is 10.6. The van der Waals surface area contributed by atoms with Crippen LogP contribution in [-0.4, -0.2) is 31.4 Å². The lowest BCUT2D eigenvalue weighted by molar-refractivity contribution is -0.0399. The van der Waals surface area contributed by atoms with E-state index in [0.717, 1.165) is 0 Å². The zero-order valence-electron chi connectivity index (χ0n) is 5.02. The van der Waals surface area contributed by atoms with Gasteiger partial charge in [-0.15, -0.1) is 0 Å². The number of thiol groups is 1. The van der Waals surface area contributed by atoms with Gasteiger partial charge in [0.2, 0.25) is 10.7 Å². The van der Waals surface area contributed by atoms with Gasteiger partial charge in [-0.05, 0) is 0 Å². The van der Waals surface area contributed by atoms with Gasteiger partial charge < -0.3 is 0 Å². The first-order chi connectivity index (χ1) is 4.94. The van der Waals surface area contributed by atoms with E-state index >= 15 is 0 Å². The fourth-order valence-corrected chi connectivity index (χ4v) is 0. The van der Waals surface area contributed by atoms with Gasteiger partial charge in [0, 0.05) is 0 Å². The van der Waals surface area contributed by atoms with E-state index in [2.05, 4.69) is 0 Å². The molecular formula is CH3F3O6S2. The van der Waals surface area contributed by atoms with Gasteiger partial charge in [0.05, 0.1) is 0 Å². The minimum absolute atomic E-state index is 4.24. The Kier molecular flexibility index (Phi) is 5.41. The summed E-state index contributed by atoms with van der Waals surface area (Å²) in [5, 5.41) is 0. The van der Waals surface area contributed by atoms with Gasteiger partial charge in [-0.2, -0.15) is 21.6 Å². The van der Waals surface area contributed by atoms with Crippen LogP contribution in [0.3, 0.4) is 0 Å². The second-order valence-electron chi connectivity index (χ2n) is 1.17. The van der Waals surface area contributed by atoms with E-state index in [-0.39, 0.29) is 0 Å². The third-order valence-corrected chi connectivity index (χ3v) is 0.621. The van der Waals surface area contributed by atoms with Crippen LogP contribution in [0.5, 0.6) is 0 Å². The van der Waals surface area contributed by atoms with Gasteiger partial charge in [-0.25, -0.2) is 8.42 Å². The fraction of sp³-hybridized carbons (Fsp3) is 1.00. The van der Waals surface area contributed by atoms with Crippen molar-refractivity contribution in [1.82, 2.24) is 0 Å². The number of hydrogen-bond donors (Lipinski definition) is 3. The lowest BCUT2D eigenvalue weighted by Gasteiger charge is -1.89. The second-order valence-corrected chi connectivity index (χ2v) is 3.09. The summed E-state index contributed by atoms with van der Waals surface area (Å²) in [4.78, 5) is 0. The first-order valence-corrected chi connectivity index (χ1v) is 4.43. The molecule has 0 fully saturated rings. The molecule has 0 rings (SSSR count). The quantitative estimate of drug-likeness (QED) is 0.382. The van der Waals surface area contributed by atoms with E-state index in [1.807, 2.05) is 0 Å². The third-order valence-electron chi connectivity index (χ3n) is 0.207. The average Bonchev–Trinajstić information content (AvgIpc) is 1.55. The maximum Gasteiger partial charge on any atom is 0.494 e. The molecular weight excluding hydrogens is 229 g/mol. The highest BCUT2D eigenvalue weighted by Crippen LogP contribution is 2.13. The maximum atomic E-state index is 10.6. The Balaban J connectivity index is 0. The summed E-state index contributed by atoms with van der Waals surface area (Å²) >= 11 is 0. The van der Waals surface area contributed by atoms with Crippen molar-refractivity contribution >= 4 is 21.1 Å². The summed E-state index contributed by atoms with van der Waals surface area (Å²) in [6.45, 7) is 0. The minimum Gasteiger partial charge on any atom is -0.264 e. The molecule has 0 amide bonds. The Morgan fingerprint density at radius 3 is 1.17 bits per heavy atom. The Bertz CT molecular complexity index is 266. The molecule has 0 aliphatic rings. The lowest BCUT2D eigenvalue weighted by atomic mass is 11.6. The van der Waals surface area contributed by atoms with Crippen molar-refractivity contribution in [3.05, 3.63) is 0 Å². The Morgan fingerprint density at radius 1 is 1.08 bits per heavy atom. The van der Waals surface area contributed by atoms with Gasteiger partial charge in [0.15, 0.2) is 0 Å². The monoisotopic (exact) mass is 232 g/mol. The Labute approximate surface area is 66.5 Å². The van der Waals surface area contributed by atoms with E-state index in [0.29, 0.717) is 0 Å².